The molecule has 0 bridgehead atoms. The van der Waals surface area contributed by atoms with Gasteiger partial charge in [0.05, 0.1) is 0 Å². The highest BCUT2D eigenvalue weighted by molar-refractivity contribution is 7.85. The molecule has 108 valence electrons. The number of carbonyl (C=O) groups is 1. The molecule has 2 saturated heterocycles. The van der Waals surface area contributed by atoms with Gasteiger partial charge < -0.3 is 10.2 Å². The smallest absolute Gasteiger partial charge is 0.227 e. The van der Waals surface area contributed by atoms with E-state index in [2.05, 4.69) is 11.4 Å². The van der Waals surface area contributed by atoms with Crippen LogP contribution in [0.3, 0.4) is 0 Å². The minimum atomic E-state index is -0.623. The Morgan fingerprint density at radius 2 is 2.05 bits per heavy atom. The molecule has 0 unspecified atom stereocenters. The van der Waals surface area contributed by atoms with E-state index in [1.807, 2.05) is 23.1 Å². The van der Waals surface area contributed by atoms with Gasteiger partial charge in [0.2, 0.25) is 5.91 Å². The van der Waals surface area contributed by atoms with Crippen molar-refractivity contribution in [1.82, 2.24) is 0 Å². The van der Waals surface area contributed by atoms with Crippen LogP contribution in [0.2, 0.25) is 0 Å². The molecular formula is C15H20N2O2S. The zero-order chi connectivity index (χ0) is 13.9. The highest BCUT2D eigenvalue weighted by Crippen LogP contribution is 2.25. The Morgan fingerprint density at radius 3 is 2.75 bits per heavy atom. The van der Waals surface area contributed by atoms with Crippen molar-refractivity contribution in [2.75, 3.05) is 28.3 Å². The summed E-state index contributed by atoms with van der Waals surface area (Å²) < 4.78 is 11.4. The van der Waals surface area contributed by atoms with E-state index in [1.165, 1.54) is 0 Å². The van der Waals surface area contributed by atoms with E-state index in [0.29, 0.717) is 12.5 Å². The van der Waals surface area contributed by atoms with Crippen molar-refractivity contribution in [2.24, 2.45) is 0 Å². The lowest BCUT2D eigenvalue weighted by Gasteiger charge is -2.24. The Bertz CT molecular complexity index is 522. The SMILES string of the molecule is O=C1CCCN1c1cccc(NC2CCS(=O)CC2)c1. The Labute approximate surface area is 122 Å². The first kappa shape index (κ1) is 13.6. The van der Waals surface area contributed by atoms with E-state index >= 15 is 0 Å². The molecule has 5 heteroatoms. The molecule has 2 fully saturated rings. The van der Waals surface area contributed by atoms with Gasteiger partial charge in [-0.2, -0.15) is 0 Å². The lowest BCUT2D eigenvalue weighted by molar-refractivity contribution is -0.117. The molecule has 4 nitrogen and oxygen atoms in total. The summed E-state index contributed by atoms with van der Waals surface area (Å²) in [5.74, 6) is 1.81. The van der Waals surface area contributed by atoms with Crippen molar-refractivity contribution in [3.63, 3.8) is 0 Å². The average molecular weight is 292 g/mol. The number of rotatable bonds is 3. The second kappa shape index (κ2) is 5.95. The van der Waals surface area contributed by atoms with Gasteiger partial charge in [0.25, 0.3) is 0 Å². The van der Waals surface area contributed by atoms with Crippen LogP contribution in [-0.4, -0.2) is 34.2 Å². The van der Waals surface area contributed by atoms with Crippen molar-refractivity contribution in [3.8, 4) is 0 Å². The molecule has 2 aliphatic rings. The predicted octanol–water partition coefficient (Wildman–Crippen LogP) is 2.14. The molecule has 2 aliphatic heterocycles. The summed E-state index contributed by atoms with van der Waals surface area (Å²) in [5.41, 5.74) is 2.04. The van der Waals surface area contributed by atoms with Crippen LogP contribution in [0.25, 0.3) is 0 Å². The Morgan fingerprint density at radius 1 is 1.25 bits per heavy atom. The van der Waals surface area contributed by atoms with E-state index in [-0.39, 0.29) is 5.91 Å². The summed E-state index contributed by atoms with van der Waals surface area (Å²) in [5, 5.41) is 3.51. The number of benzene rings is 1. The number of nitrogens with one attached hydrogen (secondary N) is 1. The minimum Gasteiger partial charge on any atom is -0.382 e. The lowest BCUT2D eigenvalue weighted by Crippen LogP contribution is -2.29. The molecule has 20 heavy (non-hydrogen) atoms. The van der Waals surface area contributed by atoms with E-state index in [9.17, 15) is 9.00 Å². The highest BCUT2D eigenvalue weighted by Gasteiger charge is 2.22. The third-order valence-corrected chi connectivity index (χ3v) is 5.37. The van der Waals surface area contributed by atoms with Crippen LogP contribution in [-0.2, 0) is 15.6 Å². The van der Waals surface area contributed by atoms with Gasteiger partial charge in [-0.25, -0.2) is 0 Å². The fourth-order valence-corrected chi connectivity index (χ4v) is 4.16. The molecule has 0 aliphatic carbocycles. The lowest BCUT2D eigenvalue weighted by atomic mass is 10.1. The number of anilines is 2. The fraction of sp³-hybridized carbons (Fsp3) is 0.533. The first-order valence-corrected chi connectivity index (χ1v) is 8.73. The molecule has 0 aromatic heterocycles. The van der Waals surface area contributed by atoms with Gasteiger partial charge in [-0.1, -0.05) is 6.07 Å². The average Bonchev–Trinajstić information content (AvgIpc) is 2.88. The van der Waals surface area contributed by atoms with Gasteiger partial charge in [-0.15, -0.1) is 0 Å². The van der Waals surface area contributed by atoms with Crippen LogP contribution in [0, 0.1) is 0 Å². The zero-order valence-corrected chi connectivity index (χ0v) is 12.3. The van der Waals surface area contributed by atoms with Gasteiger partial charge in [0.15, 0.2) is 0 Å². The van der Waals surface area contributed by atoms with Crippen LogP contribution in [0.1, 0.15) is 25.7 Å². The molecule has 1 amide bonds. The maximum atomic E-state index is 11.8. The number of nitrogens with zero attached hydrogens (tertiary/aromatic N) is 1. The zero-order valence-electron chi connectivity index (χ0n) is 11.5. The number of hydrogen-bond donors (Lipinski definition) is 1. The van der Waals surface area contributed by atoms with Gasteiger partial charge in [-0.3, -0.25) is 9.00 Å². The molecule has 3 rings (SSSR count). The maximum absolute atomic E-state index is 11.8. The first-order valence-electron chi connectivity index (χ1n) is 7.24. The molecular weight excluding hydrogens is 272 g/mol. The summed E-state index contributed by atoms with van der Waals surface area (Å²) in [6.45, 7) is 0.824. The fourth-order valence-electron chi connectivity index (χ4n) is 2.86. The minimum absolute atomic E-state index is 0.218. The third kappa shape index (κ3) is 3.03. The van der Waals surface area contributed by atoms with Crippen molar-refractivity contribution in [2.45, 2.75) is 31.7 Å². The first-order chi connectivity index (χ1) is 9.72. The summed E-state index contributed by atoms with van der Waals surface area (Å²) in [4.78, 5) is 13.6. The molecule has 1 aromatic rings. The topological polar surface area (TPSA) is 49.4 Å². The summed E-state index contributed by atoms with van der Waals surface area (Å²) in [6.07, 6.45) is 3.52. The van der Waals surface area contributed by atoms with E-state index < -0.39 is 10.8 Å². The molecule has 1 N–H and O–H groups in total. The number of carbonyl (C=O) groups excluding carboxylic acids is 1. The van der Waals surface area contributed by atoms with Gasteiger partial charge >= 0.3 is 0 Å². The van der Waals surface area contributed by atoms with Gasteiger partial charge in [0.1, 0.15) is 0 Å². The summed E-state index contributed by atoms with van der Waals surface area (Å²) >= 11 is 0. The number of hydrogen-bond acceptors (Lipinski definition) is 3. The second-order valence-corrected chi connectivity index (χ2v) is 7.16. The Balaban J connectivity index is 1.68. The van der Waals surface area contributed by atoms with Crippen LogP contribution in [0.15, 0.2) is 24.3 Å². The normalized spacial score (nSPS) is 26.8. The van der Waals surface area contributed by atoms with Gasteiger partial charge in [-0.05, 0) is 37.5 Å². The molecule has 0 spiro atoms. The van der Waals surface area contributed by atoms with E-state index in [1.54, 1.807) is 0 Å². The largest absolute Gasteiger partial charge is 0.382 e. The monoisotopic (exact) mass is 292 g/mol. The third-order valence-electron chi connectivity index (χ3n) is 3.99. The van der Waals surface area contributed by atoms with Crippen molar-refractivity contribution < 1.29 is 9.00 Å². The Kier molecular flexibility index (Phi) is 4.05. The van der Waals surface area contributed by atoms with Crippen molar-refractivity contribution in [3.05, 3.63) is 24.3 Å². The highest BCUT2D eigenvalue weighted by atomic mass is 32.2. The summed E-state index contributed by atoms with van der Waals surface area (Å²) in [7, 11) is -0.623. The molecule has 0 saturated carbocycles. The second-order valence-electron chi connectivity index (χ2n) is 5.47. The van der Waals surface area contributed by atoms with E-state index in [0.717, 1.165) is 48.7 Å². The predicted molar refractivity (Wildman–Crippen MR) is 82.6 cm³/mol. The molecule has 0 atom stereocenters. The van der Waals surface area contributed by atoms with Crippen molar-refractivity contribution in [1.29, 1.82) is 0 Å². The molecule has 0 radical (unpaired) electrons. The summed E-state index contributed by atoms with van der Waals surface area (Å²) in [6, 6.07) is 8.47. The van der Waals surface area contributed by atoms with Gasteiger partial charge in [0, 0.05) is 52.7 Å². The number of amides is 1. The van der Waals surface area contributed by atoms with Crippen LogP contribution >= 0.6 is 0 Å². The van der Waals surface area contributed by atoms with Crippen LogP contribution in [0.4, 0.5) is 11.4 Å². The maximum Gasteiger partial charge on any atom is 0.227 e. The van der Waals surface area contributed by atoms with Crippen LogP contribution < -0.4 is 10.2 Å². The molecule has 2 heterocycles. The van der Waals surface area contributed by atoms with E-state index in [4.69, 9.17) is 0 Å². The Hall–Kier alpha value is -1.36. The van der Waals surface area contributed by atoms with Crippen LogP contribution in [0.5, 0.6) is 0 Å². The quantitative estimate of drug-likeness (QED) is 0.928. The standard InChI is InChI=1S/C15H20N2O2S/c18-15-5-2-8-17(15)14-4-1-3-13(11-14)16-12-6-9-20(19)10-7-12/h1,3-4,11-12,16H,2,5-10H2. The molecule has 1 aromatic carbocycles. The van der Waals surface area contributed by atoms with Crippen molar-refractivity contribution >= 4 is 28.1 Å².